The predicted molar refractivity (Wildman–Crippen MR) is 86.3 cm³/mol. The quantitative estimate of drug-likeness (QED) is 0.836. The number of ether oxygens (including phenoxy) is 1. The molecule has 0 heterocycles. The van der Waals surface area contributed by atoms with Gasteiger partial charge in [0.2, 0.25) is 5.91 Å². The molecule has 4 nitrogen and oxygen atoms in total. The van der Waals surface area contributed by atoms with Crippen LogP contribution in [0.15, 0.2) is 18.2 Å². The van der Waals surface area contributed by atoms with Gasteiger partial charge in [-0.2, -0.15) is 0 Å². The molecule has 1 saturated carbocycles. The van der Waals surface area contributed by atoms with Crippen molar-refractivity contribution in [2.45, 2.75) is 51.2 Å². The maximum atomic E-state index is 13.8. The van der Waals surface area contributed by atoms with Gasteiger partial charge < -0.3 is 15.2 Å². The van der Waals surface area contributed by atoms with Crippen molar-refractivity contribution in [3.05, 3.63) is 35.4 Å². The van der Waals surface area contributed by atoms with Crippen molar-refractivity contribution in [3.8, 4) is 0 Å². The first-order chi connectivity index (χ1) is 11.3. The number of carbonyl (C=O) groups excluding carboxylic acids is 1. The van der Waals surface area contributed by atoms with E-state index in [1.165, 1.54) is 19.4 Å². The number of amides is 1. The second-order valence-electron chi connectivity index (χ2n) is 6.79. The summed E-state index contributed by atoms with van der Waals surface area (Å²) in [6, 6.07) is 2.96. The van der Waals surface area contributed by atoms with Crippen LogP contribution in [0.5, 0.6) is 0 Å². The lowest BCUT2D eigenvalue weighted by Crippen LogP contribution is -2.41. The van der Waals surface area contributed by atoms with Crippen LogP contribution in [0, 0.1) is 17.6 Å². The minimum atomic E-state index is -1.63. The van der Waals surface area contributed by atoms with Crippen LogP contribution in [0.4, 0.5) is 8.78 Å². The van der Waals surface area contributed by atoms with Gasteiger partial charge in [-0.25, -0.2) is 8.78 Å². The van der Waals surface area contributed by atoms with Crippen LogP contribution in [0.1, 0.15) is 45.1 Å². The van der Waals surface area contributed by atoms with E-state index in [-0.39, 0.29) is 30.7 Å². The fraction of sp³-hybridized carbons (Fsp3) is 0.611. The van der Waals surface area contributed by atoms with Crippen LogP contribution >= 0.6 is 0 Å². The molecule has 0 bridgehead atoms. The monoisotopic (exact) mass is 341 g/mol. The van der Waals surface area contributed by atoms with Crippen LogP contribution in [-0.2, 0) is 15.1 Å². The highest BCUT2D eigenvalue weighted by molar-refractivity contribution is 5.77. The highest BCUT2D eigenvalue weighted by Gasteiger charge is 2.28. The molecule has 3 unspecified atom stereocenters. The molecule has 24 heavy (non-hydrogen) atoms. The Morgan fingerprint density at radius 3 is 2.75 bits per heavy atom. The summed E-state index contributed by atoms with van der Waals surface area (Å²) in [5.74, 6) is -1.49. The first-order valence-electron chi connectivity index (χ1n) is 8.36. The summed E-state index contributed by atoms with van der Waals surface area (Å²) in [4.78, 5) is 11.9. The zero-order chi connectivity index (χ0) is 17.7. The summed E-state index contributed by atoms with van der Waals surface area (Å²) in [7, 11) is 0. The average Bonchev–Trinajstić information content (AvgIpc) is 2.52. The van der Waals surface area contributed by atoms with Crippen molar-refractivity contribution in [2.24, 2.45) is 5.92 Å². The average molecular weight is 341 g/mol. The maximum absolute atomic E-state index is 13.8. The Hall–Kier alpha value is -1.53. The molecule has 0 aliphatic heterocycles. The highest BCUT2D eigenvalue weighted by Crippen LogP contribution is 2.26. The van der Waals surface area contributed by atoms with Gasteiger partial charge in [0, 0.05) is 11.6 Å². The number of carbonyl (C=O) groups is 1. The highest BCUT2D eigenvalue weighted by atomic mass is 19.1. The zero-order valence-corrected chi connectivity index (χ0v) is 14.1. The van der Waals surface area contributed by atoms with Gasteiger partial charge in [0.05, 0.1) is 12.6 Å². The summed E-state index contributed by atoms with van der Waals surface area (Å²) in [5.41, 5.74) is -1.70. The van der Waals surface area contributed by atoms with Crippen LogP contribution in [0.25, 0.3) is 0 Å². The molecule has 3 atom stereocenters. The van der Waals surface area contributed by atoms with Crippen molar-refractivity contribution >= 4 is 5.91 Å². The van der Waals surface area contributed by atoms with Gasteiger partial charge in [0.15, 0.2) is 0 Å². The summed E-state index contributed by atoms with van der Waals surface area (Å²) in [6.45, 7) is 3.21. The second kappa shape index (κ2) is 8.03. The van der Waals surface area contributed by atoms with Gasteiger partial charge in [0.1, 0.15) is 23.8 Å². The number of aliphatic hydroxyl groups is 1. The van der Waals surface area contributed by atoms with Gasteiger partial charge in [-0.1, -0.05) is 25.8 Å². The molecule has 6 heteroatoms. The zero-order valence-electron chi connectivity index (χ0n) is 14.1. The molecule has 0 saturated heterocycles. The lowest BCUT2D eigenvalue weighted by molar-refractivity contribution is -0.130. The predicted octanol–water partition coefficient (Wildman–Crippen LogP) is 2.88. The molecule has 1 amide bonds. The van der Waals surface area contributed by atoms with E-state index < -0.39 is 17.2 Å². The van der Waals surface area contributed by atoms with Crippen LogP contribution < -0.4 is 5.32 Å². The summed E-state index contributed by atoms with van der Waals surface area (Å²) in [6.07, 6.45) is 4.44. The van der Waals surface area contributed by atoms with Crippen molar-refractivity contribution in [1.29, 1.82) is 0 Å². The largest absolute Gasteiger partial charge is 0.383 e. The molecule has 0 radical (unpaired) electrons. The van der Waals surface area contributed by atoms with E-state index in [9.17, 15) is 18.7 Å². The lowest BCUT2D eigenvalue weighted by Gasteiger charge is -2.29. The summed E-state index contributed by atoms with van der Waals surface area (Å²) < 4.78 is 32.4. The third-order valence-corrected chi connectivity index (χ3v) is 4.60. The number of hydrogen-bond acceptors (Lipinski definition) is 3. The molecule has 1 fully saturated rings. The van der Waals surface area contributed by atoms with E-state index in [4.69, 9.17) is 4.74 Å². The molecule has 1 aliphatic rings. The fourth-order valence-electron chi connectivity index (χ4n) is 3.06. The Morgan fingerprint density at radius 2 is 2.08 bits per heavy atom. The molecular formula is C18H25F2NO3. The number of nitrogens with one attached hydrogen (secondary N) is 1. The SMILES string of the molecule is CC1CCCCC1OCC(=O)NCC(C)(O)c1ccc(F)cc1F. The molecule has 1 aliphatic carbocycles. The molecular weight excluding hydrogens is 316 g/mol. The molecule has 0 spiro atoms. The van der Waals surface area contributed by atoms with Gasteiger partial charge in [-0.3, -0.25) is 4.79 Å². The molecule has 0 aromatic heterocycles. The van der Waals surface area contributed by atoms with Crippen molar-refractivity contribution in [1.82, 2.24) is 5.32 Å². The number of halogens is 2. The van der Waals surface area contributed by atoms with Gasteiger partial charge in [0.25, 0.3) is 0 Å². The second-order valence-corrected chi connectivity index (χ2v) is 6.79. The van der Waals surface area contributed by atoms with Gasteiger partial charge in [-0.15, -0.1) is 0 Å². The first kappa shape index (κ1) is 18.8. The van der Waals surface area contributed by atoms with E-state index in [1.807, 2.05) is 0 Å². The minimum Gasteiger partial charge on any atom is -0.383 e. The third kappa shape index (κ3) is 4.98. The van der Waals surface area contributed by atoms with Crippen molar-refractivity contribution < 1.29 is 23.4 Å². The van der Waals surface area contributed by atoms with Crippen LogP contribution in [0.2, 0.25) is 0 Å². The number of hydrogen-bond donors (Lipinski definition) is 2. The first-order valence-corrected chi connectivity index (χ1v) is 8.36. The van der Waals surface area contributed by atoms with E-state index >= 15 is 0 Å². The number of rotatable bonds is 6. The molecule has 2 N–H and O–H groups in total. The van der Waals surface area contributed by atoms with Crippen molar-refractivity contribution in [3.63, 3.8) is 0 Å². The van der Waals surface area contributed by atoms with Crippen LogP contribution in [-0.4, -0.2) is 30.3 Å². The molecule has 1 aromatic carbocycles. The van der Waals surface area contributed by atoms with Gasteiger partial charge >= 0.3 is 0 Å². The Balaban J connectivity index is 1.83. The Bertz CT molecular complexity index is 577. The maximum Gasteiger partial charge on any atom is 0.246 e. The molecule has 1 aromatic rings. The van der Waals surface area contributed by atoms with Crippen LogP contribution in [0.3, 0.4) is 0 Å². The minimum absolute atomic E-state index is 0.0639. The normalized spacial score (nSPS) is 23.5. The smallest absolute Gasteiger partial charge is 0.246 e. The van der Waals surface area contributed by atoms with E-state index in [0.29, 0.717) is 12.0 Å². The summed E-state index contributed by atoms with van der Waals surface area (Å²) >= 11 is 0. The fourth-order valence-corrected chi connectivity index (χ4v) is 3.06. The Kier molecular flexibility index (Phi) is 6.29. The Labute approximate surface area is 141 Å². The lowest BCUT2D eigenvalue weighted by atomic mass is 9.88. The Morgan fingerprint density at radius 1 is 1.38 bits per heavy atom. The van der Waals surface area contributed by atoms with E-state index in [1.54, 1.807) is 0 Å². The van der Waals surface area contributed by atoms with E-state index in [0.717, 1.165) is 25.3 Å². The van der Waals surface area contributed by atoms with Gasteiger partial charge in [-0.05, 0) is 31.7 Å². The number of benzene rings is 1. The summed E-state index contributed by atoms with van der Waals surface area (Å²) in [5, 5.41) is 12.9. The standard InChI is InChI=1S/C18H25F2NO3/c1-12-5-3-4-6-16(12)24-10-17(22)21-11-18(2,23)14-8-7-13(19)9-15(14)20/h7-9,12,16,23H,3-6,10-11H2,1-2H3,(H,21,22). The molecule has 134 valence electrons. The third-order valence-electron chi connectivity index (χ3n) is 4.60. The van der Waals surface area contributed by atoms with Crippen molar-refractivity contribution in [2.75, 3.05) is 13.2 Å². The topological polar surface area (TPSA) is 58.6 Å². The van der Waals surface area contributed by atoms with E-state index in [2.05, 4.69) is 12.2 Å². The molecule has 2 rings (SSSR count).